The molecule has 2 aromatic carbocycles. The maximum atomic E-state index is 13.7. The van der Waals surface area contributed by atoms with E-state index in [9.17, 15) is 4.39 Å². The molecule has 2 fully saturated rings. The predicted octanol–water partition coefficient (Wildman–Crippen LogP) is 3.54. The average molecular weight is 490 g/mol. The fourth-order valence-corrected chi connectivity index (χ4v) is 4.63. The van der Waals surface area contributed by atoms with Gasteiger partial charge in [-0.15, -0.1) is 0 Å². The Balaban J connectivity index is 1.27. The second-order valence-electron chi connectivity index (χ2n) is 9.20. The minimum absolute atomic E-state index is 0.150. The minimum atomic E-state index is -0.325. The number of nitrogens with zero attached hydrogens (tertiary/aromatic N) is 7. The van der Waals surface area contributed by atoms with Gasteiger partial charge in [0.1, 0.15) is 24.0 Å². The molecule has 2 saturated heterocycles. The maximum absolute atomic E-state index is 13.7. The highest BCUT2D eigenvalue weighted by atomic mass is 19.1. The summed E-state index contributed by atoms with van der Waals surface area (Å²) in [4.78, 5) is 23.1. The van der Waals surface area contributed by atoms with Gasteiger partial charge in [0.05, 0.1) is 24.2 Å². The van der Waals surface area contributed by atoms with Crippen molar-refractivity contribution >= 4 is 22.9 Å². The molecule has 10 heteroatoms. The first-order valence-electron chi connectivity index (χ1n) is 12.3. The molecule has 0 spiro atoms. The molecule has 6 rings (SSSR count). The van der Waals surface area contributed by atoms with E-state index < -0.39 is 0 Å². The van der Waals surface area contributed by atoms with Crippen molar-refractivity contribution in [2.75, 3.05) is 49.2 Å². The number of anilines is 2. The number of aromatic nitrogens is 5. The number of morpholine rings is 1. The van der Waals surface area contributed by atoms with Crippen molar-refractivity contribution in [1.29, 1.82) is 0 Å². The smallest absolute Gasteiger partial charge is 0.242 e. The van der Waals surface area contributed by atoms with E-state index >= 15 is 0 Å². The van der Waals surface area contributed by atoms with Gasteiger partial charge >= 0.3 is 0 Å². The van der Waals surface area contributed by atoms with Crippen LogP contribution in [0.3, 0.4) is 0 Å². The standard InChI is InChI=1S/C26H28FN7O2/c1-18-2-5-20(6-3-18)36-21-8-10-32(11-9-21)24-29-25(33-12-14-35-15-13-33)31-26(30-24)34-17-28-22-16-19(27)4-7-23(22)34/h2-7,16-17,21H,8-15H2,1H3. The summed E-state index contributed by atoms with van der Waals surface area (Å²) in [5, 5.41) is 0. The van der Waals surface area contributed by atoms with E-state index in [0.29, 0.717) is 49.7 Å². The monoisotopic (exact) mass is 489 g/mol. The van der Waals surface area contributed by atoms with Crippen LogP contribution >= 0.6 is 0 Å². The highest BCUT2D eigenvalue weighted by molar-refractivity contribution is 5.76. The topological polar surface area (TPSA) is 81.4 Å². The van der Waals surface area contributed by atoms with Gasteiger partial charge in [-0.2, -0.15) is 15.0 Å². The lowest BCUT2D eigenvalue weighted by Crippen LogP contribution is -2.41. The summed E-state index contributed by atoms with van der Waals surface area (Å²) in [5.41, 5.74) is 2.51. The van der Waals surface area contributed by atoms with Gasteiger partial charge in [0.25, 0.3) is 0 Å². The number of hydrogen-bond donors (Lipinski definition) is 0. The number of hydrogen-bond acceptors (Lipinski definition) is 8. The minimum Gasteiger partial charge on any atom is -0.490 e. The molecule has 2 aromatic heterocycles. The molecule has 0 unspecified atom stereocenters. The van der Waals surface area contributed by atoms with Crippen molar-refractivity contribution in [1.82, 2.24) is 24.5 Å². The van der Waals surface area contributed by atoms with Gasteiger partial charge in [0.15, 0.2) is 0 Å². The van der Waals surface area contributed by atoms with Crippen LogP contribution in [0, 0.1) is 12.7 Å². The SMILES string of the molecule is Cc1ccc(OC2CCN(c3nc(N4CCOCC4)nc(-n4cnc5cc(F)ccc54)n3)CC2)cc1. The molecule has 9 nitrogen and oxygen atoms in total. The number of benzene rings is 2. The van der Waals surface area contributed by atoms with E-state index in [1.165, 1.54) is 17.7 Å². The number of rotatable bonds is 5. The third-order valence-electron chi connectivity index (χ3n) is 6.67. The summed E-state index contributed by atoms with van der Waals surface area (Å²) in [6.45, 7) is 6.31. The Morgan fingerprint density at radius 3 is 2.25 bits per heavy atom. The van der Waals surface area contributed by atoms with Gasteiger partial charge in [-0.25, -0.2) is 9.37 Å². The molecular weight excluding hydrogens is 461 g/mol. The summed E-state index contributed by atoms with van der Waals surface area (Å²) in [6, 6.07) is 12.7. The lowest BCUT2D eigenvalue weighted by molar-refractivity contribution is 0.122. The third kappa shape index (κ3) is 4.68. The predicted molar refractivity (Wildman–Crippen MR) is 134 cm³/mol. The fourth-order valence-electron chi connectivity index (χ4n) is 4.63. The number of aryl methyl sites for hydroxylation is 1. The zero-order valence-electron chi connectivity index (χ0n) is 20.2. The molecular formula is C26H28FN7O2. The lowest BCUT2D eigenvalue weighted by Gasteiger charge is -2.33. The molecule has 0 atom stereocenters. The molecule has 0 aliphatic carbocycles. The molecule has 0 amide bonds. The molecule has 0 bridgehead atoms. The van der Waals surface area contributed by atoms with Crippen LogP contribution in [0.5, 0.6) is 5.75 Å². The Kier molecular flexibility index (Phi) is 6.10. The summed E-state index contributed by atoms with van der Waals surface area (Å²) in [5.74, 6) is 2.28. The average Bonchev–Trinajstić information content (AvgIpc) is 3.34. The molecule has 2 aliphatic rings. The van der Waals surface area contributed by atoms with Crippen molar-refractivity contribution in [3.63, 3.8) is 0 Å². The van der Waals surface area contributed by atoms with Crippen LogP contribution in [0.25, 0.3) is 17.0 Å². The van der Waals surface area contributed by atoms with Crippen LogP contribution < -0.4 is 14.5 Å². The van der Waals surface area contributed by atoms with Crippen molar-refractivity contribution in [3.05, 3.63) is 60.2 Å². The first-order chi connectivity index (χ1) is 17.6. The maximum Gasteiger partial charge on any atom is 0.242 e. The van der Waals surface area contributed by atoms with Crippen LogP contribution in [0.1, 0.15) is 18.4 Å². The first kappa shape index (κ1) is 22.7. The van der Waals surface area contributed by atoms with Crippen molar-refractivity contribution in [2.24, 2.45) is 0 Å². The van der Waals surface area contributed by atoms with Crippen LogP contribution in [-0.4, -0.2) is 70.0 Å². The van der Waals surface area contributed by atoms with Crippen molar-refractivity contribution in [2.45, 2.75) is 25.9 Å². The van der Waals surface area contributed by atoms with E-state index in [2.05, 4.69) is 33.8 Å². The van der Waals surface area contributed by atoms with E-state index in [4.69, 9.17) is 24.4 Å². The van der Waals surface area contributed by atoms with Crippen molar-refractivity contribution in [3.8, 4) is 11.7 Å². The number of piperidine rings is 1. The molecule has 2 aliphatic heterocycles. The van der Waals surface area contributed by atoms with Gasteiger partial charge in [-0.3, -0.25) is 4.57 Å². The van der Waals surface area contributed by atoms with Crippen LogP contribution in [0.2, 0.25) is 0 Å². The normalized spacial score (nSPS) is 17.1. The third-order valence-corrected chi connectivity index (χ3v) is 6.67. The zero-order valence-corrected chi connectivity index (χ0v) is 20.2. The summed E-state index contributed by atoms with van der Waals surface area (Å²) in [7, 11) is 0. The molecule has 0 radical (unpaired) electrons. The van der Waals surface area contributed by atoms with Crippen LogP contribution in [-0.2, 0) is 4.74 Å². The summed E-state index contributed by atoms with van der Waals surface area (Å²) >= 11 is 0. The van der Waals surface area contributed by atoms with Gasteiger partial charge in [-0.1, -0.05) is 17.7 Å². The Morgan fingerprint density at radius 1 is 0.861 bits per heavy atom. The second kappa shape index (κ2) is 9.69. The molecule has 0 N–H and O–H groups in total. The molecule has 186 valence electrons. The second-order valence-corrected chi connectivity index (χ2v) is 9.20. The Labute approximate surface area is 208 Å². The molecule has 0 saturated carbocycles. The van der Waals surface area contributed by atoms with E-state index in [-0.39, 0.29) is 11.9 Å². The van der Waals surface area contributed by atoms with Crippen LogP contribution in [0.15, 0.2) is 48.8 Å². The van der Waals surface area contributed by atoms with E-state index in [1.807, 2.05) is 12.1 Å². The highest BCUT2D eigenvalue weighted by Gasteiger charge is 2.25. The fraction of sp³-hybridized carbons (Fsp3) is 0.385. The quantitative estimate of drug-likeness (QED) is 0.421. The summed E-state index contributed by atoms with van der Waals surface area (Å²) in [6.07, 6.45) is 3.52. The largest absolute Gasteiger partial charge is 0.490 e. The Morgan fingerprint density at radius 2 is 1.53 bits per heavy atom. The molecule has 4 heterocycles. The number of fused-ring (bicyclic) bond motifs is 1. The van der Waals surface area contributed by atoms with Crippen molar-refractivity contribution < 1.29 is 13.9 Å². The van der Waals surface area contributed by atoms with Gasteiger partial charge < -0.3 is 19.3 Å². The highest BCUT2D eigenvalue weighted by Crippen LogP contribution is 2.25. The number of halogens is 1. The van der Waals surface area contributed by atoms with Gasteiger partial charge in [-0.05, 0) is 31.2 Å². The first-order valence-corrected chi connectivity index (χ1v) is 12.3. The Bertz CT molecular complexity index is 1350. The van der Waals surface area contributed by atoms with Crippen LogP contribution in [0.4, 0.5) is 16.3 Å². The van der Waals surface area contributed by atoms with Gasteiger partial charge in [0, 0.05) is 45.1 Å². The summed E-state index contributed by atoms with van der Waals surface area (Å²) < 4.78 is 27.2. The van der Waals surface area contributed by atoms with E-state index in [1.54, 1.807) is 17.0 Å². The zero-order chi connectivity index (χ0) is 24.5. The number of imidazole rings is 1. The number of ether oxygens (including phenoxy) is 2. The molecule has 36 heavy (non-hydrogen) atoms. The lowest BCUT2D eigenvalue weighted by atomic mass is 10.1. The van der Waals surface area contributed by atoms with E-state index in [0.717, 1.165) is 37.2 Å². The Hall–Kier alpha value is -3.79. The van der Waals surface area contributed by atoms with Gasteiger partial charge in [0.2, 0.25) is 17.8 Å². The molecule has 4 aromatic rings.